The van der Waals surface area contributed by atoms with E-state index in [9.17, 15) is 9.90 Å². The van der Waals surface area contributed by atoms with Crippen molar-refractivity contribution < 1.29 is 23.5 Å². The molecule has 6 unspecified atom stereocenters. The maximum absolute atomic E-state index is 14.4. The number of ether oxygens (including phenoxy) is 1. The fourth-order valence-corrected chi connectivity index (χ4v) is 18.4. The fourth-order valence-electron chi connectivity index (χ4n) is 7.52. The maximum atomic E-state index is 14.4. The Balaban J connectivity index is 1.70. The largest absolute Gasteiger partial charge is 0.414 e. The quantitative estimate of drug-likeness (QED) is 0.449. The van der Waals surface area contributed by atoms with Gasteiger partial charge in [0.2, 0.25) is 0 Å². The van der Waals surface area contributed by atoms with Crippen LogP contribution in [0.4, 0.5) is 0 Å². The lowest BCUT2D eigenvalue weighted by molar-refractivity contribution is -0.224. The zero-order valence-corrected chi connectivity index (χ0v) is 21.4. The number of hydrogen-bond donors (Lipinski definition) is 1. The molecule has 2 heterocycles. The van der Waals surface area contributed by atoms with E-state index in [1.807, 2.05) is 6.92 Å². The van der Waals surface area contributed by atoms with Crippen molar-refractivity contribution in [2.45, 2.75) is 95.8 Å². The average molecular weight is 451 g/mol. The number of hydrogen-bond acceptors (Lipinski definition) is 5. The van der Waals surface area contributed by atoms with Crippen LogP contribution in [-0.4, -0.2) is 58.5 Å². The molecule has 0 spiro atoms. The highest BCUT2D eigenvalue weighted by atomic mass is 28.4. The second-order valence-electron chi connectivity index (χ2n) is 12.1. The molecule has 4 bridgehead atoms. The second-order valence-corrected chi connectivity index (χ2v) is 21.0. The van der Waals surface area contributed by atoms with Crippen molar-refractivity contribution in [3.63, 3.8) is 0 Å². The first kappa shape index (κ1) is 21.5. The van der Waals surface area contributed by atoms with Gasteiger partial charge >= 0.3 is 0 Å². The number of rotatable bonds is 0. The molecule has 2 saturated carbocycles. The SMILES string of the molecule is CC1=C2CC(CC1O)CC1C3CO[C@H]3CC3O[Si](C)(C)C[Si](C)(C)OC2C(=O)[C@]31C. The highest BCUT2D eigenvalue weighted by Crippen LogP contribution is 2.58. The fraction of sp³-hybridized carbons (Fsp3) is 0.870. The Labute approximate surface area is 182 Å². The molecule has 2 saturated heterocycles. The predicted octanol–water partition coefficient (Wildman–Crippen LogP) is 3.82. The summed E-state index contributed by atoms with van der Waals surface area (Å²) in [6.07, 6.45) is 2.68. The Kier molecular flexibility index (Phi) is 4.91. The number of carbonyl (C=O) groups excluding carboxylic acids is 1. The van der Waals surface area contributed by atoms with Gasteiger partial charge in [0, 0.05) is 5.92 Å². The molecule has 8 atom stereocenters. The van der Waals surface area contributed by atoms with E-state index >= 15 is 0 Å². The van der Waals surface area contributed by atoms with Crippen molar-refractivity contribution in [2.24, 2.45) is 23.2 Å². The lowest BCUT2D eigenvalue weighted by Crippen LogP contribution is -2.66. The first-order valence-corrected chi connectivity index (χ1v) is 18.0. The maximum Gasteiger partial charge on any atom is 0.187 e. The second kappa shape index (κ2) is 6.84. The molecule has 0 radical (unpaired) electrons. The van der Waals surface area contributed by atoms with Gasteiger partial charge in [0.25, 0.3) is 0 Å². The Hall–Kier alpha value is -0.316. The van der Waals surface area contributed by atoms with E-state index in [4.69, 9.17) is 13.6 Å². The smallest absolute Gasteiger partial charge is 0.187 e. The summed E-state index contributed by atoms with van der Waals surface area (Å²) in [5, 5.41) is 10.8. The first-order valence-electron chi connectivity index (χ1n) is 11.8. The summed E-state index contributed by atoms with van der Waals surface area (Å²) in [7, 11) is -4.15. The van der Waals surface area contributed by atoms with Crippen LogP contribution in [0.15, 0.2) is 11.1 Å². The van der Waals surface area contributed by atoms with Gasteiger partial charge in [-0.15, -0.1) is 0 Å². The van der Waals surface area contributed by atoms with Crippen molar-refractivity contribution in [3.8, 4) is 0 Å². The van der Waals surface area contributed by atoms with Crippen LogP contribution in [-0.2, 0) is 18.4 Å². The number of aliphatic hydroxyl groups excluding tert-OH is 1. The highest BCUT2D eigenvalue weighted by Gasteiger charge is 2.64. The number of fused-ring (bicyclic) bond motifs is 6. The minimum atomic E-state index is -2.14. The summed E-state index contributed by atoms with van der Waals surface area (Å²) in [4.78, 5) is 14.4. The van der Waals surface area contributed by atoms with Crippen LogP contribution in [0, 0.1) is 23.2 Å². The Morgan fingerprint density at radius 2 is 1.77 bits per heavy atom. The van der Waals surface area contributed by atoms with E-state index in [0.717, 1.165) is 49.1 Å². The standard InChI is InChI=1S/C23H38O5Si2/c1-13-15-7-14(9-18(13)24)8-17-16-11-26-19(16)10-20-23(17,2)22(25)21(15)28-30(5,6)12-29(3,4)27-20/h14,16-21,24H,7-12H2,1-6H3/t14?,16?,17?,18?,19-,20?,21?,23-/m0/s1. The van der Waals surface area contributed by atoms with Crippen molar-refractivity contribution in [1.82, 2.24) is 0 Å². The van der Waals surface area contributed by atoms with Crippen LogP contribution in [0.5, 0.6) is 0 Å². The van der Waals surface area contributed by atoms with E-state index in [-0.39, 0.29) is 23.9 Å². The minimum Gasteiger partial charge on any atom is -0.414 e. The van der Waals surface area contributed by atoms with Gasteiger partial charge in [-0.05, 0) is 94.4 Å². The third-order valence-corrected chi connectivity index (χ3v) is 17.5. The molecule has 30 heavy (non-hydrogen) atoms. The van der Waals surface area contributed by atoms with Gasteiger partial charge < -0.3 is 18.7 Å². The molecule has 2 aliphatic heterocycles. The van der Waals surface area contributed by atoms with E-state index in [1.165, 1.54) is 0 Å². The summed E-state index contributed by atoms with van der Waals surface area (Å²) < 4.78 is 19.8. The summed E-state index contributed by atoms with van der Waals surface area (Å²) >= 11 is 0. The highest BCUT2D eigenvalue weighted by molar-refractivity contribution is 6.89. The summed E-state index contributed by atoms with van der Waals surface area (Å²) in [5.41, 5.74) is 2.50. The van der Waals surface area contributed by atoms with Crippen LogP contribution in [0.3, 0.4) is 0 Å². The molecule has 3 aliphatic carbocycles. The van der Waals surface area contributed by atoms with Gasteiger partial charge in [-0.3, -0.25) is 4.79 Å². The van der Waals surface area contributed by atoms with E-state index in [2.05, 4.69) is 33.1 Å². The molecule has 0 aromatic rings. The third kappa shape index (κ3) is 3.18. The lowest BCUT2D eigenvalue weighted by atomic mass is 9.52. The Bertz CT molecular complexity index is 792. The van der Waals surface area contributed by atoms with Crippen LogP contribution in [0.25, 0.3) is 0 Å². The average Bonchev–Trinajstić information content (AvgIpc) is 2.62. The van der Waals surface area contributed by atoms with Crippen LogP contribution < -0.4 is 0 Å². The van der Waals surface area contributed by atoms with Gasteiger partial charge in [-0.2, -0.15) is 0 Å². The van der Waals surface area contributed by atoms with Crippen molar-refractivity contribution >= 4 is 22.4 Å². The van der Waals surface area contributed by atoms with Gasteiger partial charge in [0.15, 0.2) is 22.4 Å². The molecule has 0 aromatic heterocycles. The van der Waals surface area contributed by atoms with Gasteiger partial charge in [-0.25, -0.2) is 0 Å². The van der Waals surface area contributed by atoms with Gasteiger partial charge in [0.1, 0.15) is 6.10 Å². The molecule has 4 fully saturated rings. The molecule has 5 aliphatic rings. The first-order chi connectivity index (χ1) is 13.9. The van der Waals surface area contributed by atoms with Crippen molar-refractivity contribution in [3.05, 3.63) is 11.1 Å². The number of aliphatic hydroxyl groups is 1. The monoisotopic (exact) mass is 450 g/mol. The number of ketones is 1. The van der Waals surface area contributed by atoms with Crippen LogP contribution >= 0.6 is 0 Å². The molecular weight excluding hydrogens is 412 g/mol. The summed E-state index contributed by atoms with van der Waals surface area (Å²) in [5.74, 6) is 1.30. The third-order valence-electron chi connectivity index (χ3n) is 8.88. The molecule has 0 aromatic carbocycles. The number of Topliss-reactive ketones (excluding diaryl/α,β-unsaturated/α-hetero) is 1. The molecule has 5 nitrogen and oxygen atoms in total. The minimum absolute atomic E-state index is 0.0862. The molecular formula is C23H38O5Si2. The molecule has 7 heteroatoms. The molecule has 0 amide bonds. The topological polar surface area (TPSA) is 65.0 Å². The van der Waals surface area contributed by atoms with E-state index in [1.54, 1.807) is 0 Å². The lowest BCUT2D eigenvalue weighted by Gasteiger charge is -2.59. The van der Waals surface area contributed by atoms with E-state index < -0.39 is 34.3 Å². The summed E-state index contributed by atoms with van der Waals surface area (Å²) in [6, 6.07) is 0. The van der Waals surface area contributed by atoms with Crippen molar-refractivity contribution in [1.29, 1.82) is 0 Å². The molecule has 168 valence electrons. The van der Waals surface area contributed by atoms with Crippen molar-refractivity contribution in [2.75, 3.05) is 6.61 Å². The Morgan fingerprint density at radius 3 is 2.43 bits per heavy atom. The normalized spacial score (nSPS) is 49.6. The number of carbonyl (C=O) groups is 1. The van der Waals surface area contributed by atoms with Gasteiger partial charge in [-0.1, -0.05) is 0 Å². The van der Waals surface area contributed by atoms with Crippen LogP contribution in [0.2, 0.25) is 31.9 Å². The summed E-state index contributed by atoms with van der Waals surface area (Å²) in [6.45, 7) is 14.0. The van der Waals surface area contributed by atoms with Crippen LogP contribution in [0.1, 0.15) is 39.5 Å². The van der Waals surface area contributed by atoms with E-state index in [0.29, 0.717) is 11.8 Å². The zero-order valence-electron chi connectivity index (χ0n) is 19.4. The zero-order chi connectivity index (χ0) is 21.6. The molecule has 5 rings (SSSR count). The van der Waals surface area contributed by atoms with Gasteiger partial charge in [0.05, 0.1) is 30.3 Å². The molecule has 1 N–H and O–H groups in total. The predicted molar refractivity (Wildman–Crippen MR) is 120 cm³/mol. The Morgan fingerprint density at radius 1 is 1.07 bits per heavy atom.